The second-order valence-corrected chi connectivity index (χ2v) is 7.38. The van der Waals surface area contributed by atoms with Crippen LogP contribution in [0.3, 0.4) is 0 Å². The molecule has 30 heavy (non-hydrogen) atoms. The van der Waals surface area contributed by atoms with Crippen LogP contribution in [0.2, 0.25) is 0 Å². The van der Waals surface area contributed by atoms with Gasteiger partial charge in [0.1, 0.15) is 6.04 Å². The Labute approximate surface area is 175 Å². The molecular formula is C23H24N2O5. The first-order chi connectivity index (χ1) is 14.3. The molecule has 1 aliphatic rings. The number of amides is 3. The van der Waals surface area contributed by atoms with E-state index in [4.69, 9.17) is 4.74 Å². The van der Waals surface area contributed by atoms with E-state index in [2.05, 4.69) is 5.32 Å². The Bertz CT molecular complexity index is 964. The van der Waals surface area contributed by atoms with Crippen molar-refractivity contribution in [3.63, 3.8) is 0 Å². The van der Waals surface area contributed by atoms with Gasteiger partial charge in [0, 0.05) is 5.69 Å². The minimum atomic E-state index is -1.12. The minimum Gasteiger partial charge on any atom is -0.454 e. The number of nitrogens with zero attached hydrogens (tertiary/aromatic N) is 1. The van der Waals surface area contributed by atoms with E-state index in [9.17, 15) is 19.2 Å². The van der Waals surface area contributed by atoms with Crippen molar-refractivity contribution in [3.8, 4) is 0 Å². The SMILES string of the molecule is CCc1ccccc1NC(=O)COC(=O)[C@@H](C(C)C)N1C(=O)c2ccccc2C1=O. The number of rotatable bonds is 7. The van der Waals surface area contributed by atoms with Crippen LogP contribution in [-0.4, -0.2) is 41.2 Å². The summed E-state index contributed by atoms with van der Waals surface area (Å²) in [5.41, 5.74) is 2.13. The van der Waals surface area contributed by atoms with Gasteiger partial charge in [0.2, 0.25) is 0 Å². The number of imide groups is 1. The summed E-state index contributed by atoms with van der Waals surface area (Å²) in [7, 11) is 0. The number of aryl methyl sites for hydroxylation is 1. The summed E-state index contributed by atoms with van der Waals surface area (Å²) in [4.78, 5) is 51.4. The van der Waals surface area contributed by atoms with Gasteiger partial charge in [-0.15, -0.1) is 0 Å². The molecule has 0 radical (unpaired) electrons. The number of carbonyl (C=O) groups is 4. The quantitative estimate of drug-likeness (QED) is 0.561. The first kappa shape index (κ1) is 21.2. The Morgan fingerprint density at radius 1 is 0.967 bits per heavy atom. The monoisotopic (exact) mass is 408 g/mol. The van der Waals surface area contributed by atoms with Crippen LogP contribution in [0.1, 0.15) is 47.1 Å². The zero-order valence-electron chi connectivity index (χ0n) is 17.2. The number of hydrogen-bond acceptors (Lipinski definition) is 5. The van der Waals surface area contributed by atoms with Crippen molar-refractivity contribution >= 4 is 29.4 Å². The highest BCUT2D eigenvalue weighted by atomic mass is 16.5. The molecule has 1 atom stereocenters. The highest BCUT2D eigenvalue weighted by molar-refractivity contribution is 6.22. The Kier molecular flexibility index (Phi) is 6.30. The highest BCUT2D eigenvalue weighted by Crippen LogP contribution is 2.27. The van der Waals surface area contributed by atoms with Crippen LogP contribution < -0.4 is 5.32 Å². The van der Waals surface area contributed by atoms with Gasteiger partial charge >= 0.3 is 5.97 Å². The standard InChI is InChI=1S/C23H24N2O5/c1-4-15-9-5-8-12-18(15)24-19(26)13-30-23(29)20(14(2)3)25-21(27)16-10-6-7-11-17(16)22(25)28/h5-12,14,20H,4,13H2,1-3H3,(H,24,26)/t20-/m1/s1. The molecule has 0 aromatic heterocycles. The topological polar surface area (TPSA) is 92.8 Å². The maximum Gasteiger partial charge on any atom is 0.330 e. The largest absolute Gasteiger partial charge is 0.454 e. The fourth-order valence-corrected chi connectivity index (χ4v) is 3.50. The maximum atomic E-state index is 12.7. The van der Waals surface area contributed by atoms with Crippen molar-refractivity contribution in [3.05, 3.63) is 65.2 Å². The van der Waals surface area contributed by atoms with Crippen molar-refractivity contribution < 1.29 is 23.9 Å². The average molecular weight is 408 g/mol. The number of para-hydroxylation sites is 1. The smallest absolute Gasteiger partial charge is 0.330 e. The van der Waals surface area contributed by atoms with Gasteiger partial charge in [-0.3, -0.25) is 19.3 Å². The minimum absolute atomic E-state index is 0.259. The van der Waals surface area contributed by atoms with Crippen LogP contribution in [0, 0.1) is 5.92 Å². The van der Waals surface area contributed by atoms with Crippen LogP contribution >= 0.6 is 0 Å². The van der Waals surface area contributed by atoms with Crippen molar-refractivity contribution in [2.45, 2.75) is 33.2 Å². The summed E-state index contributed by atoms with van der Waals surface area (Å²) in [5, 5.41) is 2.72. The Balaban J connectivity index is 1.69. The van der Waals surface area contributed by atoms with Gasteiger partial charge in [-0.05, 0) is 36.1 Å². The predicted octanol–water partition coefficient (Wildman–Crippen LogP) is 3.05. The second kappa shape index (κ2) is 8.90. The van der Waals surface area contributed by atoms with Gasteiger partial charge < -0.3 is 10.1 Å². The zero-order valence-corrected chi connectivity index (χ0v) is 17.2. The summed E-state index contributed by atoms with van der Waals surface area (Å²) in [6.45, 7) is 4.89. The molecule has 1 heterocycles. The summed E-state index contributed by atoms with van der Waals surface area (Å²) >= 11 is 0. The molecule has 2 aromatic carbocycles. The molecule has 7 heteroatoms. The molecular weight excluding hydrogens is 384 g/mol. The van der Waals surface area contributed by atoms with E-state index in [1.807, 2.05) is 19.1 Å². The lowest BCUT2D eigenvalue weighted by atomic mass is 10.0. The van der Waals surface area contributed by atoms with Crippen LogP contribution in [-0.2, 0) is 20.7 Å². The molecule has 0 saturated heterocycles. The van der Waals surface area contributed by atoms with E-state index in [0.29, 0.717) is 5.69 Å². The predicted molar refractivity (Wildman–Crippen MR) is 111 cm³/mol. The fourth-order valence-electron chi connectivity index (χ4n) is 3.50. The van der Waals surface area contributed by atoms with Crippen LogP contribution in [0.5, 0.6) is 0 Å². The van der Waals surface area contributed by atoms with Crippen LogP contribution in [0.4, 0.5) is 5.69 Å². The maximum absolute atomic E-state index is 12.7. The van der Waals surface area contributed by atoms with Crippen molar-refractivity contribution in [2.75, 3.05) is 11.9 Å². The average Bonchev–Trinajstić information content (AvgIpc) is 2.98. The zero-order chi connectivity index (χ0) is 21.8. The molecule has 156 valence electrons. The number of anilines is 1. The van der Waals surface area contributed by atoms with Gasteiger partial charge in [0.25, 0.3) is 17.7 Å². The van der Waals surface area contributed by atoms with E-state index < -0.39 is 36.3 Å². The van der Waals surface area contributed by atoms with E-state index in [0.717, 1.165) is 16.9 Å². The third-order valence-corrected chi connectivity index (χ3v) is 4.99. The fraction of sp³-hybridized carbons (Fsp3) is 0.304. The lowest BCUT2D eigenvalue weighted by Crippen LogP contribution is -2.49. The molecule has 2 aromatic rings. The summed E-state index contributed by atoms with van der Waals surface area (Å²) < 4.78 is 5.18. The van der Waals surface area contributed by atoms with E-state index in [1.165, 1.54) is 0 Å². The highest BCUT2D eigenvalue weighted by Gasteiger charge is 2.44. The molecule has 0 unspecified atom stereocenters. The lowest BCUT2D eigenvalue weighted by molar-refractivity contribution is -0.152. The number of benzene rings is 2. The number of ether oxygens (including phenoxy) is 1. The summed E-state index contributed by atoms with van der Waals surface area (Å²) in [6.07, 6.45) is 0.741. The molecule has 0 fully saturated rings. The van der Waals surface area contributed by atoms with Crippen molar-refractivity contribution in [1.82, 2.24) is 4.90 Å². The number of nitrogens with one attached hydrogen (secondary N) is 1. The van der Waals surface area contributed by atoms with Gasteiger partial charge in [-0.2, -0.15) is 0 Å². The van der Waals surface area contributed by atoms with Crippen LogP contribution in [0.25, 0.3) is 0 Å². The Hall–Kier alpha value is -3.48. The van der Waals surface area contributed by atoms with Gasteiger partial charge in [-0.25, -0.2) is 4.79 Å². The summed E-state index contributed by atoms with van der Waals surface area (Å²) in [5.74, 6) is -2.74. The Morgan fingerprint density at radius 3 is 2.10 bits per heavy atom. The lowest BCUT2D eigenvalue weighted by Gasteiger charge is -2.27. The second-order valence-electron chi connectivity index (χ2n) is 7.38. The van der Waals surface area contributed by atoms with Gasteiger partial charge in [0.05, 0.1) is 11.1 Å². The van der Waals surface area contributed by atoms with E-state index in [1.54, 1.807) is 50.2 Å². The van der Waals surface area contributed by atoms with E-state index >= 15 is 0 Å². The third-order valence-electron chi connectivity index (χ3n) is 4.99. The number of fused-ring (bicyclic) bond motifs is 1. The molecule has 1 N–H and O–H groups in total. The van der Waals surface area contributed by atoms with Crippen LogP contribution in [0.15, 0.2) is 48.5 Å². The molecule has 0 spiro atoms. The number of esters is 1. The molecule has 3 amide bonds. The molecule has 1 aliphatic heterocycles. The normalized spacial score (nSPS) is 13.9. The Morgan fingerprint density at radius 2 is 1.53 bits per heavy atom. The molecule has 3 rings (SSSR count). The molecule has 0 bridgehead atoms. The summed E-state index contributed by atoms with van der Waals surface area (Å²) in [6, 6.07) is 12.7. The molecule has 7 nitrogen and oxygen atoms in total. The van der Waals surface area contributed by atoms with Gasteiger partial charge in [-0.1, -0.05) is 51.1 Å². The first-order valence-electron chi connectivity index (χ1n) is 9.86. The number of hydrogen-bond donors (Lipinski definition) is 1. The molecule has 0 saturated carbocycles. The first-order valence-corrected chi connectivity index (χ1v) is 9.86. The third kappa shape index (κ3) is 4.10. The van der Waals surface area contributed by atoms with E-state index in [-0.39, 0.29) is 17.0 Å². The van der Waals surface area contributed by atoms with Gasteiger partial charge in [0.15, 0.2) is 6.61 Å². The molecule has 0 aliphatic carbocycles. The van der Waals surface area contributed by atoms with Crippen molar-refractivity contribution in [1.29, 1.82) is 0 Å². The number of carbonyl (C=O) groups excluding carboxylic acids is 4. The van der Waals surface area contributed by atoms with Crippen molar-refractivity contribution in [2.24, 2.45) is 5.92 Å².